The maximum atomic E-state index is 6.04. The highest BCUT2D eigenvalue weighted by Crippen LogP contribution is 2.25. The topological polar surface area (TPSA) is 38.1 Å². The second-order valence-corrected chi connectivity index (χ2v) is 4.67. The summed E-state index contributed by atoms with van der Waals surface area (Å²) in [5.41, 5.74) is 1.57. The summed E-state index contributed by atoms with van der Waals surface area (Å²) in [5, 5.41) is 3.98. The maximum absolute atomic E-state index is 6.04. The van der Waals surface area contributed by atoms with Crippen LogP contribution in [0.5, 0.6) is 0 Å². The molecule has 3 rings (SSSR count). The van der Waals surface area contributed by atoms with Crippen molar-refractivity contribution in [2.24, 2.45) is 5.92 Å². The number of hydrogen-bond donors (Lipinski definition) is 1. The van der Waals surface area contributed by atoms with Crippen LogP contribution in [0.1, 0.15) is 12.3 Å². The molecule has 16 heavy (non-hydrogen) atoms. The van der Waals surface area contributed by atoms with E-state index in [-0.39, 0.29) is 0 Å². The molecule has 0 bridgehead atoms. The molecule has 4 heteroatoms. The van der Waals surface area contributed by atoms with E-state index in [1.807, 2.05) is 18.2 Å². The summed E-state index contributed by atoms with van der Waals surface area (Å²) < 4.78 is 5.69. The molecule has 1 N–H and O–H groups in total. The third-order valence-corrected chi connectivity index (χ3v) is 3.33. The summed E-state index contributed by atoms with van der Waals surface area (Å²) >= 11 is 6.04. The summed E-state index contributed by atoms with van der Waals surface area (Å²) in [6.45, 7) is 2.16. The molecule has 0 radical (unpaired) electrons. The normalized spacial score (nSPS) is 20.7. The molecule has 0 spiro atoms. The highest BCUT2D eigenvalue weighted by Gasteiger charge is 2.18. The van der Waals surface area contributed by atoms with E-state index in [2.05, 4.69) is 10.3 Å². The van der Waals surface area contributed by atoms with Gasteiger partial charge in [0, 0.05) is 6.42 Å². The third kappa shape index (κ3) is 1.81. The van der Waals surface area contributed by atoms with Crippen LogP contribution in [0.3, 0.4) is 0 Å². The van der Waals surface area contributed by atoms with Crippen molar-refractivity contribution in [3.05, 3.63) is 29.1 Å². The largest absolute Gasteiger partial charge is 0.439 e. The summed E-state index contributed by atoms with van der Waals surface area (Å²) in [5.74, 6) is 1.45. The Balaban J connectivity index is 1.90. The highest BCUT2D eigenvalue weighted by atomic mass is 35.5. The van der Waals surface area contributed by atoms with E-state index < -0.39 is 0 Å². The van der Waals surface area contributed by atoms with Gasteiger partial charge in [0.1, 0.15) is 5.52 Å². The van der Waals surface area contributed by atoms with Gasteiger partial charge in [-0.3, -0.25) is 0 Å². The first-order valence-electron chi connectivity index (χ1n) is 5.57. The van der Waals surface area contributed by atoms with Gasteiger partial charge in [0.25, 0.3) is 0 Å². The van der Waals surface area contributed by atoms with E-state index in [1.165, 1.54) is 6.42 Å². The number of nitrogens with one attached hydrogen (secondary N) is 1. The van der Waals surface area contributed by atoms with Crippen molar-refractivity contribution < 1.29 is 4.42 Å². The van der Waals surface area contributed by atoms with Crippen LogP contribution in [-0.4, -0.2) is 18.1 Å². The average Bonchev–Trinajstić information content (AvgIpc) is 2.88. The van der Waals surface area contributed by atoms with Crippen molar-refractivity contribution in [1.29, 1.82) is 0 Å². The lowest BCUT2D eigenvalue weighted by atomic mass is 10.1. The van der Waals surface area contributed by atoms with Gasteiger partial charge in [-0.05, 0) is 37.6 Å². The zero-order chi connectivity index (χ0) is 11.0. The highest BCUT2D eigenvalue weighted by molar-refractivity contribution is 6.34. The van der Waals surface area contributed by atoms with Gasteiger partial charge in [0.15, 0.2) is 11.5 Å². The number of halogens is 1. The SMILES string of the molecule is Clc1cccc2nc(CC3CCNC3)oc12. The van der Waals surface area contributed by atoms with Crippen LogP contribution in [0.15, 0.2) is 22.6 Å². The Morgan fingerprint density at radius 1 is 1.50 bits per heavy atom. The molecule has 1 aliphatic rings. The number of fused-ring (bicyclic) bond motifs is 1. The van der Waals surface area contributed by atoms with Crippen LogP contribution in [0.2, 0.25) is 5.02 Å². The van der Waals surface area contributed by atoms with Crippen LogP contribution in [0, 0.1) is 5.92 Å². The van der Waals surface area contributed by atoms with Crippen LogP contribution in [0.25, 0.3) is 11.1 Å². The van der Waals surface area contributed by atoms with Crippen LogP contribution >= 0.6 is 11.6 Å². The van der Waals surface area contributed by atoms with Crippen molar-refractivity contribution in [3.63, 3.8) is 0 Å². The molecule has 1 aromatic carbocycles. The third-order valence-electron chi connectivity index (χ3n) is 3.04. The minimum Gasteiger partial charge on any atom is -0.439 e. The fourth-order valence-electron chi connectivity index (χ4n) is 2.18. The van der Waals surface area contributed by atoms with Gasteiger partial charge < -0.3 is 9.73 Å². The maximum Gasteiger partial charge on any atom is 0.195 e. The molecule has 1 saturated heterocycles. The molecule has 1 unspecified atom stereocenters. The monoisotopic (exact) mass is 236 g/mol. The van der Waals surface area contributed by atoms with Crippen molar-refractivity contribution in [2.75, 3.05) is 13.1 Å². The quantitative estimate of drug-likeness (QED) is 0.871. The molecule has 2 heterocycles. The number of benzene rings is 1. The summed E-state index contributed by atoms with van der Waals surface area (Å²) in [7, 11) is 0. The molecule has 0 aliphatic carbocycles. The second kappa shape index (κ2) is 4.07. The zero-order valence-corrected chi connectivity index (χ0v) is 9.63. The van der Waals surface area contributed by atoms with E-state index in [0.717, 1.165) is 30.9 Å². The number of nitrogens with zero attached hydrogens (tertiary/aromatic N) is 1. The van der Waals surface area contributed by atoms with E-state index >= 15 is 0 Å². The number of rotatable bonds is 2. The first-order valence-corrected chi connectivity index (χ1v) is 5.95. The molecule has 0 amide bonds. The molecule has 1 atom stereocenters. The Morgan fingerprint density at radius 3 is 3.19 bits per heavy atom. The number of para-hydroxylation sites is 1. The lowest BCUT2D eigenvalue weighted by Gasteiger charge is -2.02. The lowest BCUT2D eigenvalue weighted by molar-refractivity contribution is 0.463. The van der Waals surface area contributed by atoms with Crippen molar-refractivity contribution in [3.8, 4) is 0 Å². The molecule has 3 nitrogen and oxygen atoms in total. The lowest BCUT2D eigenvalue weighted by Crippen LogP contribution is -2.10. The van der Waals surface area contributed by atoms with Crippen molar-refractivity contribution >= 4 is 22.7 Å². The van der Waals surface area contributed by atoms with Crippen LogP contribution in [-0.2, 0) is 6.42 Å². The van der Waals surface area contributed by atoms with Gasteiger partial charge in [-0.15, -0.1) is 0 Å². The summed E-state index contributed by atoms with van der Waals surface area (Å²) in [6.07, 6.45) is 2.10. The number of aromatic nitrogens is 1. The van der Waals surface area contributed by atoms with E-state index in [0.29, 0.717) is 16.5 Å². The van der Waals surface area contributed by atoms with Crippen LogP contribution in [0.4, 0.5) is 0 Å². The number of oxazole rings is 1. The molecule has 0 saturated carbocycles. The molecule has 2 aromatic rings. The van der Waals surface area contributed by atoms with Crippen molar-refractivity contribution in [2.45, 2.75) is 12.8 Å². The van der Waals surface area contributed by atoms with Crippen molar-refractivity contribution in [1.82, 2.24) is 10.3 Å². The van der Waals surface area contributed by atoms with Gasteiger partial charge in [0.05, 0.1) is 5.02 Å². The van der Waals surface area contributed by atoms with Gasteiger partial charge in [-0.1, -0.05) is 17.7 Å². The van der Waals surface area contributed by atoms with Gasteiger partial charge in [-0.25, -0.2) is 4.98 Å². The standard InChI is InChI=1S/C12H13ClN2O/c13-9-2-1-3-10-12(9)16-11(15-10)6-8-4-5-14-7-8/h1-3,8,14H,4-7H2. The minimum absolute atomic E-state index is 0.640. The molecular weight excluding hydrogens is 224 g/mol. The Morgan fingerprint density at radius 2 is 2.44 bits per heavy atom. The summed E-state index contributed by atoms with van der Waals surface area (Å²) in [4.78, 5) is 4.46. The molecular formula is C12H13ClN2O. The van der Waals surface area contributed by atoms with E-state index in [1.54, 1.807) is 0 Å². The van der Waals surface area contributed by atoms with Gasteiger partial charge in [-0.2, -0.15) is 0 Å². The Kier molecular flexibility index (Phi) is 2.58. The second-order valence-electron chi connectivity index (χ2n) is 4.26. The number of hydrogen-bond acceptors (Lipinski definition) is 3. The molecule has 84 valence electrons. The fourth-order valence-corrected chi connectivity index (χ4v) is 2.39. The fraction of sp³-hybridized carbons (Fsp3) is 0.417. The van der Waals surface area contributed by atoms with Crippen LogP contribution < -0.4 is 5.32 Å². The first kappa shape index (κ1) is 10.1. The first-order chi connectivity index (χ1) is 7.83. The predicted octanol–water partition coefficient (Wildman–Crippen LogP) is 2.63. The Hall–Kier alpha value is -1.06. The smallest absolute Gasteiger partial charge is 0.195 e. The predicted molar refractivity (Wildman–Crippen MR) is 63.7 cm³/mol. The van der Waals surface area contributed by atoms with E-state index in [4.69, 9.17) is 16.0 Å². The minimum atomic E-state index is 0.640. The zero-order valence-electron chi connectivity index (χ0n) is 8.87. The Bertz CT molecular complexity index is 503. The molecule has 1 aliphatic heterocycles. The van der Waals surface area contributed by atoms with Gasteiger partial charge >= 0.3 is 0 Å². The molecule has 1 aromatic heterocycles. The van der Waals surface area contributed by atoms with E-state index in [9.17, 15) is 0 Å². The Labute approximate surface area is 98.8 Å². The van der Waals surface area contributed by atoms with Gasteiger partial charge in [0.2, 0.25) is 0 Å². The summed E-state index contributed by atoms with van der Waals surface area (Å²) in [6, 6.07) is 5.66. The average molecular weight is 237 g/mol. The molecule has 1 fully saturated rings.